The van der Waals surface area contributed by atoms with Crippen LogP contribution in [0.3, 0.4) is 0 Å². The minimum atomic E-state index is -3.96. The largest absolute Gasteiger partial charge is 0.476 e. The molecule has 1 heterocycles. The molecule has 0 atom stereocenters. The van der Waals surface area contributed by atoms with Gasteiger partial charge in [0.15, 0.2) is 9.90 Å². The number of aromatic carboxylic acids is 1. The van der Waals surface area contributed by atoms with Crippen LogP contribution in [0.5, 0.6) is 0 Å². The van der Waals surface area contributed by atoms with Crippen molar-refractivity contribution in [1.82, 2.24) is 4.98 Å². The van der Waals surface area contributed by atoms with E-state index in [1.807, 2.05) is 13.0 Å². The summed E-state index contributed by atoms with van der Waals surface area (Å²) >= 11 is 0.771. The fourth-order valence-electron chi connectivity index (χ4n) is 1.69. The molecular formula is C12H12N2O4S2. The molecule has 0 radical (unpaired) electrons. The van der Waals surface area contributed by atoms with Crippen molar-refractivity contribution in [3.05, 3.63) is 40.5 Å². The predicted octanol–water partition coefficient (Wildman–Crippen LogP) is 2.26. The molecule has 8 heteroatoms. The van der Waals surface area contributed by atoms with Gasteiger partial charge in [-0.3, -0.25) is 4.72 Å². The van der Waals surface area contributed by atoms with Crippen molar-refractivity contribution < 1.29 is 18.3 Å². The standard InChI is InChI=1S/C12H12N2O4S2/c1-7-3-4-9(8(2)5-7)14-20(17,18)12-10(11(15)16)13-6-19-12/h3-6,14H,1-2H3,(H,15,16). The second kappa shape index (κ2) is 5.22. The van der Waals surface area contributed by atoms with Crippen LogP contribution < -0.4 is 4.72 Å². The number of carboxylic acids is 1. The van der Waals surface area contributed by atoms with E-state index in [9.17, 15) is 13.2 Å². The molecular weight excluding hydrogens is 300 g/mol. The molecule has 106 valence electrons. The maximum Gasteiger partial charge on any atom is 0.356 e. The van der Waals surface area contributed by atoms with Gasteiger partial charge >= 0.3 is 5.97 Å². The fraction of sp³-hybridized carbons (Fsp3) is 0.167. The van der Waals surface area contributed by atoms with Crippen LogP contribution in [0.2, 0.25) is 0 Å². The first-order valence-electron chi connectivity index (χ1n) is 5.58. The normalized spacial score (nSPS) is 11.3. The third kappa shape index (κ3) is 2.81. The Morgan fingerprint density at radius 2 is 2.05 bits per heavy atom. The van der Waals surface area contributed by atoms with Gasteiger partial charge in [0.1, 0.15) is 0 Å². The van der Waals surface area contributed by atoms with Crippen molar-refractivity contribution in [2.45, 2.75) is 18.1 Å². The first kappa shape index (κ1) is 14.5. The molecule has 0 aliphatic heterocycles. The topological polar surface area (TPSA) is 96.4 Å². The second-order valence-electron chi connectivity index (χ2n) is 4.22. The Bertz CT molecular complexity index is 766. The third-order valence-electron chi connectivity index (χ3n) is 2.61. The van der Waals surface area contributed by atoms with E-state index in [4.69, 9.17) is 5.11 Å². The van der Waals surface area contributed by atoms with Gasteiger partial charge in [-0.15, -0.1) is 11.3 Å². The highest BCUT2D eigenvalue weighted by Crippen LogP contribution is 2.25. The highest BCUT2D eigenvalue weighted by molar-refractivity contribution is 7.94. The Kier molecular flexibility index (Phi) is 3.78. The van der Waals surface area contributed by atoms with Gasteiger partial charge in [-0.1, -0.05) is 17.7 Å². The zero-order chi connectivity index (χ0) is 14.9. The van der Waals surface area contributed by atoms with Gasteiger partial charge in [-0.2, -0.15) is 0 Å². The van der Waals surface area contributed by atoms with Crippen LogP contribution in [-0.2, 0) is 10.0 Å². The number of nitrogens with zero attached hydrogens (tertiary/aromatic N) is 1. The lowest BCUT2D eigenvalue weighted by atomic mass is 10.1. The summed E-state index contributed by atoms with van der Waals surface area (Å²) in [5.41, 5.74) is 2.91. The minimum Gasteiger partial charge on any atom is -0.476 e. The molecule has 2 N–H and O–H groups in total. The first-order valence-corrected chi connectivity index (χ1v) is 7.94. The molecule has 0 aliphatic rings. The lowest BCUT2D eigenvalue weighted by Crippen LogP contribution is -2.16. The van der Waals surface area contributed by atoms with Crippen LogP contribution >= 0.6 is 11.3 Å². The van der Waals surface area contributed by atoms with Gasteiger partial charge in [0.2, 0.25) is 0 Å². The van der Waals surface area contributed by atoms with Crippen LogP contribution in [0.25, 0.3) is 0 Å². The quantitative estimate of drug-likeness (QED) is 0.902. The van der Waals surface area contributed by atoms with Crippen LogP contribution in [0.4, 0.5) is 5.69 Å². The molecule has 0 bridgehead atoms. The SMILES string of the molecule is Cc1ccc(NS(=O)(=O)c2scnc2C(=O)O)c(C)c1. The molecule has 0 spiro atoms. The number of nitrogens with one attached hydrogen (secondary N) is 1. The van der Waals surface area contributed by atoms with Crippen LogP contribution in [0, 0.1) is 13.8 Å². The summed E-state index contributed by atoms with van der Waals surface area (Å²) in [5.74, 6) is -1.37. The highest BCUT2D eigenvalue weighted by atomic mass is 32.2. The molecule has 1 aromatic carbocycles. The average Bonchev–Trinajstić information content (AvgIpc) is 2.82. The number of aryl methyl sites for hydroxylation is 2. The molecule has 20 heavy (non-hydrogen) atoms. The Balaban J connectivity index is 2.41. The molecule has 2 aromatic rings. The summed E-state index contributed by atoms with van der Waals surface area (Å²) < 4.78 is 26.5. The summed E-state index contributed by atoms with van der Waals surface area (Å²) in [6.07, 6.45) is 0. The number of benzene rings is 1. The van der Waals surface area contributed by atoms with Gasteiger partial charge in [-0.05, 0) is 25.5 Å². The number of carbonyl (C=O) groups is 1. The van der Waals surface area contributed by atoms with Crippen molar-refractivity contribution in [3.63, 3.8) is 0 Å². The number of rotatable bonds is 4. The number of aromatic nitrogens is 1. The molecule has 1 aromatic heterocycles. The smallest absolute Gasteiger partial charge is 0.356 e. The zero-order valence-electron chi connectivity index (χ0n) is 10.7. The maximum absolute atomic E-state index is 12.2. The van der Waals surface area contributed by atoms with Crippen LogP contribution in [0.15, 0.2) is 27.9 Å². The van der Waals surface area contributed by atoms with E-state index in [0.29, 0.717) is 5.69 Å². The van der Waals surface area contributed by atoms with E-state index in [2.05, 4.69) is 9.71 Å². The van der Waals surface area contributed by atoms with E-state index in [1.54, 1.807) is 19.1 Å². The number of carboxylic acid groups (broad SMARTS) is 1. The van der Waals surface area contributed by atoms with Gasteiger partial charge in [0.05, 0.1) is 11.2 Å². The fourth-order valence-corrected chi connectivity index (χ4v) is 3.96. The molecule has 0 saturated heterocycles. The Hall–Kier alpha value is -1.93. The van der Waals surface area contributed by atoms with Gasteiger partial charge in [-0.25, -0.2) is 18.2 Å². The number of sulfonamides is 1. The average molecular weight is 312 g/mol. The van der Waals surface area contributed by atoms with Gasteiger partial charge in [0, 0.05) is 0 Å². The Labute approximate surface area is 120 Å². The van der Waals surface area contributed by atoms with Crippen molar-refractivity contribution >= 4 is 33.0 Å². The molecule has 0 fully saturated rings. The van der Waals surface area contributed by atoms with Gasteiger partial charge in [0.25, 0.3) is 10.0 Å². The lowest BCUT2D eigenvalue weighted by Gasteiger charge is -2.10. The van der Waals surface area contributed by atoms with Crippen molar-refractivity contribution in [3.8, 4) is 0 Å². The Morgan fingerprint density at radius 3 is 2.65 bits per heavy atom. The number of hydrogen-bond acceptors (Lipinski definition) is 5. The van der Waals surface area contributed by atoms with Crippen molar-refractivity contribution in [2.24, 2.45) is 0 Å². The van der Waals surface area contributed by atoms with E-state index in [1.165, 1.54) is 5.51 Å². The zero-order valence-corrected chi connectivity index (χ0v) is 12.4. The summed E-state index contributed by atoms with van der Waals surface area (Å²) in [6.45, 7) is 3.67. The number of anilines is 1. The first-order chi connectivity index (χ1) is 9.31. The summed E-state index contributed by atoms with van der Waals surface area (Å²) in [7, 11) is -3.96. The van der Waals surface area contributed by atoms with E-state index >= 15 is 0 Å². The molecule has 0 aliphatic carbocycles. The maximum atomic E-state index is 12.2. The molecule has 2 rings (SSSR count). The summed E-state index contributed by atoms with van der Waals surface area (Å²) in [6, 6.07) is 5.25. The molecule has 0 saturated carbocycles. The van der Waals surface area contributed by atoms with Crippen molar-refractivity contribution in [1.29, 1.82) is 0 Å². The Morgan fingerprint density at radius 1 is 1.35 bits per heavy atom. The lowest BCUT2D eigenvalue weighted by molar-refractivity contribution is 0.0687. The monoisotopic (exact) mass is 312 g/mol. The van der Waals surface area contributed by atoms with E-state index in [0.717, 1.165) is 22.5 Å². The van der Waals surface area contributed by atoms with Crippen molar-refractivity contribution in [2.75, 3.05) is 4.72 Å². The van der Waals surface area contributed by atoms with Crippen LogP contribution in [-0.4, -0.2) is 24.5 Å². The van der Waals surface area contributed by atoms with Crippen LogP contribution in [0.1, 0.15) is 21.6 Å². The second-order valence-corrected chi connectivity index (χ2v) is 6.95. The number of thiazole rings is 1. The third-order valence-corrected chi connectivity index (χ3v) is 5.34. The van der Waals surface area contributed by atoms with E-state index < -0.39 is 21.7 Å². The van der Waals surface area contributed by atoms with E-state index in [-0.39, 0.29) is 4.21 Å². The molecule has 0 amide bonds. The highest BCUT2D eigenvalue weighted by Gasteiger charge is 2.26. The summed E-state index contributed by atoms with van der Waals surface area (Å²) in [5, 5.41) is 8.93. The summed E-state index contributed by atoms with van der Waals surface area (Å²) in [4.78, 5) is 14.5. The van der Waals surface area contributed by atoms with Gasteiger partial charge < -0.3 is 5.11 Å². The number of hydrogen-bond donors (Lipinski definition) is 2. The predicted molar refractivity (Wildman–Crippen MR) is 75.8 cm³/mol. The minimum absolute atomic E-state index is 0.301. The molecule has 6 nitrogen and oxygen atoms in total. The molecule has 0 unspecified atom stereocenters.